The largest absolute Gasteiger partial charge is 0.424 e. The third kappa shape index (κ3) is 3.91. The Morgan fingerprint density at radius 2 is 1.81 bits per heavy atom. The first kappa shape index (κ1) is 17.1. The van der Waals surface area contributed by atoms with E-state index in [2.05, 4.69) is 46.7 Å². The Labute approximate surface area is 154 Å². The van der Waals surface area contributed by atoms with Crippen molar-refractivity contribution in [1.29, 1.82) is 0 Å². The number of methoxy groups -OCH3 is 1. The minimum absolute atomic E-state index is 0.496. The SMILES string of the molecule is COCCc1ccc(-c2ccc3oc(NC4CCCCC4)nc3c2)cc1. The van der Waals surface area contributed by atoms with E-state index in [-0.39, 0.29) is 0 Å². The van der Waals surface area contributed by atoms with Crippen molar-refractivity contribution in [2.24, 2.45) is 0 Å². The maximum Gasteiger partial charge on any atom is 0.295 e. The van der Waals surface area contributed by atoms with E-state index < -0.39 is 0 Å². The first-order valence-corrected chi connectivity index (χ1v) is 9.57. The van der Waals surface area contributed by atoms with Crippen LogP contribution in [0.5, 0.6) is 0 Å². The average molecular weight is 350 g/mol. The molecule has 1 N–H and O–H groups in total. The van der Waals surface area contributed by atoms with Gasteiger partial charge < -0.3 is 14.5 Å². The molecule has 1 aliphatic rings. The van der Waals surface area contributed by atoms with Gasteiger partial charge in [-0.15, -0.1) is 0 Å². The zero-order valence-corrected chi connectivity index (χ0v) is 15.3. The zero-order chi connectivity index (χ0) is 17.8. The smallest absolute Gasteiger partial charge is 0.295 e. The Kier molecular flexibility index (Phi) is 5.21. The lowest BCUT2D eigenvalue weighted by atomic mass is 9.96. The highest BCUT2D eigenvalue weighted by atomic mass is 16.5. The van der Waals surface area contributed by atoms with Gasteiger partial charge in [-0.1, -0.05) is 49.6 Å². The lowest BCUT2D eigenvalue weighted by Gasteiger charge is -2.21. The van der Waals surface area contributed by atoms with Crippen LogP contribution in [0.1, 0.15) is 37.7 Å². The Bertz CT molecular complexity index is 848. The molecule has 1 aliphatic carbocycles. The summed E-state index contributed by atoms with van der Waals surface area (Å²) in [5.41, 5.74) is 5.39. The fraction of sp³-hybridized carbons (Fsp3) is 0.409. The normalized spacial score (nSPS) is 15.4. The standard InChI is InChI=1S/C22H26N2O2/c1-25-14-13-16-7-9-17(10-8-16)18-11-12-21-20(15-18)24-22(26-21)23-19-5-3-2-4-6-19/h7-12,15,19H,2-6,13-14H2,1H3,(H,23,24). The van der Waals surface area contributed by atoms with Gasteiger partial charge in [0.05, 0.1) is 6.61 Å². The van der Waals surface area contributed by atoms with E-state index in [9.17, 15) is 0 Å². The quantitative estimate of drug-likeness (QED) is 0.644. The molecule has 0 spiro atoms. The van der Waals surface area contributed by atoms with Crippen molar-refractivity contribution in [3.8, 4) is 11.1 Å². The number of ether oxygens (including phenoxy) is 1. The number of nitrogens with one attached hydrogen (secondary N) is 1. The van der Waals surface area contributed by atoms with Crippen LogP contribution in [0.25, 0.3) is 22.2 Å². The number of aromatic nitrogens is 1. The predicted octanol–water partition coefficient (Wildman–Crippen LogP) is 5.43. The molecule has 1 saturated carbocycles. The predicted molar refractivity (Wildman–Crippen MR) is 106 cm³/mol. The summed E-state index contributed by atoms with van der Waals surface area (Å²) in [6, 6.07) is 16.0. The molecule has 1 fully saturated rings. The van der Waals surface area contributed by atoms with E-state index in [1.807, 2.05) is 6.07 Å². The van der Waals surface area contributed by atoms with Crippen LogP contribution >= 0.6 is 0 Å². The van der Waals surface area contributed by atoms with Crippen molar-refractivity contribution >= 4 is 17.1 Å². The van der Waals surface area contributed by atoms with Crippen LogP contribution in [0.15, 0.2) is 46.9 Å². The summed E-state index contributed by atoms with van der Waals surface area (Å²) in [5.74, 6) is 0. The summed E-state index contributed by atoms with van der Waals surface area (Å²) in [6.07, 6.45) is 7.29. The molecule has 4 heteroatoms. The highest BCUT2D eigenvalue weighted by Crippen LogP contribution is 2.28. The van der Waals surface area contributed by atoms with Gasteiger partial charge in [0.2, 0.25) is 0 Å². The van der Waals surface area contributed by atoms with Crippen LogP contribution in [-0.2, 0) is 11.2 Å². The molecular formula is C22H26N2O2. The summed E-state index contributed by atoms with van der Waals surface area (Å²) < 4.78 is 11.0. The lowest BCUT2D eigenvalue weighted by molar-refractivity contribution is 0.202. The van der Waals surface area contributed by atoms with Gasteiger partial charge in [0.1, 0.15) is 5.52 Å². The molecule has 0 atom stereocenters. The fourth-order valence-corrected chi connectivity index (χ4v) is 3.67. The van der Waals surface area contributed by atoms with E-state index in [1.54, 1.807) is 7.11 Å². The minimum Gasteiger partial charge on any atom is -0.424 e. The average Bonchev–Trinajstić information content (AvgIpc) is 3.09. The van der Waals surface area contributed by atoms with Gasteiger partial charge in [-0.2, -0.15) is 4.98 Å². The van der Waals surface area contributed by atoms with Gasteiger partial charge in [-0.05, 0) is 48.1 Å². The zero-order valence-electron chi connectivity index (χ0n) is 15.3. The number of fused-ring (bicyclic) bond motifs is 1. The summed E-state index contributed by atoms with van der Waals surface area (Å²) in [7, 11) is 1.74. The molecule has 1 heterocycles. The summed E-state index contributed by atoms with van der Waals surface area (Å²) in [4.78, 5) is 4.66. The van der Waals surface area contributed by atoms with E-state index in [0.717, 1.165) is 29.7 Å². The van der Waals surface area contributed by atoms with Gasteiger partial charge in [-0.3, -0.25) is 0 Å². The van der Waals surface area contributed by atoms with Crippen molar-refractivity contribution in [3.63, 3.8) is 0 Å². The highest BCUT2D eigenvalue weighted by molar-refractivity contribution is 5.81. The molecule has 3 aromatic rings. The first-order chi connectivity index (χ1) is 12.8. The number of hydrogen-bond acceptors (Lipinski definition) is 4. The Morgan fingerprint density at radius 3 is 2.58 bits per heavy atom. The second-order valence-electron chi connectivity index (χ2n) is 7.12. The molecule has 0 amide bonds. The number of benzene rings is 2. The molecule has 4 nitrogen and oxygen atoms in total. The van der Waals surface area contributed by atoms with Gasteiger partial charge in [0.15, 0.2) is 5.58 Å². The van der Waals surface area contributed by atoms with Crippen molar-refractivity contribution in [1.82, 2.24) is 4.98 Å². The topological polar surface area (TPSA) is 47.3 Å². The molecular weight excluding hydrogens is 324 g/mol. The molecule has 1 aromatic heterocycles. The lowest BCUT2D eigenvalue weighted by Crippen LogP contribution is -2.22. The van der Waals surface area contributed by atoms with E-state index in [4.69, 9.17) is 9.15 Å². The van der Waals surface area contributed by atoms with Crippen molar-refractivity contribution in [3.05, 3.63) is 48.0 Å². The molecule has 0 bridgehead atoms. The second-order valence-corrected chi connectivity index (χ2v) is 7.12. The number of anilines is 1. The minimum atomic E-state index is 0.496. The van der Waals surface area contributed by atoms with Crippen molar-refractivity contribution < 1.29 is 9.15 Å². The number of oxazole rings is 1. The molecule has 0 radical (unpaired) electrons. The molecule has 136 valence electrons. The van der Waals surface area contributed by atoms with Gasteiger partial charge in [0.25, 0.3) is 6.01 Å². The Hall–Kier alpha value is -2.33. The molecule has 2 aromatic carbocycles. The van der Waals surface area contributed by atoms with Crippen LogP contribution in [0, 0.1) is 0 Å². The third-order valence-corrected chi connectivity index (χ3v) is 5.20. The van der Waals surface area contributed by atoms with Gasteiger partial charge in [-0.25, -0.2) is 0 Å². The van der Waals surface area contributed by atoms with E-state index in [1.165, 1.54) is 43.2 Å². The summed E-state index contributed by atoms with van der Waals surface area (Å²) >= 11 is 0. The van der Waals surface area contributed by atoms with Gasteiger partial charge >= 0.3 is 0 Å². The van der Waals surface area contributed by atoms with Gasteiger partial charge in [0, 0.05) is 13.2 Å². The third-order valence-electron chi connectivity index (χ3n) is 5.20. The van der Waals surface area contributed by atoms with Crippen LogP contribution in [0.2, 0.25) is 0 Å². The first-order valence-electron chi connectivity index (χ1n) is 9.57. The maximum atomic E-state index is 5.89. The second kappa shape index (κ2) is 7.92. The molecule has 26 heavy (non-hydrogen) atoms. The molecule has 0 saturated heterocycles. The van der Waals surface area contributed by atoms with Crippen LogP contribution in [0.4, 0.5) is 6.01 Å². The Balaban J connectivity index is 1.51. The summed E-state index contributed by atoms with van der Waals surface area (Å²) in [6.45, 7) is 0.751. The summed E-state index contributed by atoms with van der Waals surface area (Å²) in [5, 5.41) is 3.47. The number of rotatable bonds is 6. The molecule has 0 aliphatic heterocycles. The fourth-order valence-electron chi connectivity index (χ4n) is 3.67. The monoisotopic (exact) mass is 350 g/mol. The molecule has 4 rings (SSSR count). The highest BCUT2D eigenvalue weighted by Gasteiger charge is 2.16. The molecule has 0 unspecified atom stereocenters. The Morgan fingerprint density at radius 1 is 1.04 bits per heavy atom. The van der Waals surface area contributed by atoms with E-state index in [0.29, 0.717) is 12.1 Å². The van der Waals surface area contributed by atoms with E-state index >= 15 is 0 Å². The number of nitrogens with zero attached hydrogens (tertiary/aromatic N) is 1. The van der Waals surface area contributed by atoms with Crippen LogP contribution < -0.4 is 5.32 Å². The van der Waals surface area contributed by atoms with Crippen molar-refractivity contribution in [2.75, 3.05) is 19.0 Å². The van der Waals surface area contributed by atoms with Crippen LogP contribution in [-0.4, -0.2) is 24.7 Å². The van der Waals surface area contributed by atoms with Crippen LogP contribution in [0.3, 0.4) is 0 Å². The number of hydrogen-bond donors (Lipinski definition) is 1. The maximum absolute atomic E-state index is 5.89. The van der Waals surface area contributed by atoms with Crippen molar-refractivity contribution in [2.45, 2.75) is 44.6 Å².